The lowest BCUT2D eigenvalue weighted by Gasteiger charge is -2.28. The Bertz CT molecular complexity index is 2070. The van der Waals surface area contributed by atoms with Crippen LogP contribution in [0, 0.1) is 0 Å². The zero-order valence-electron chi connectivity index (χ0n) is 62.3. The van der Waals surface area contributed by atoms with Crippen molar-refractivity contribution in [3.05, 3.63) is 134 Å². The van der Waals surface area contributed by atoms with Crippen molar-refractivity contribution in [3.63, 3.8) is 0 Å². The number of phosphoric ester groups is 1. The van der Waals surface area contributed by atoms with E-state index in [9.17, 15) is 19.0 Å². The zero-order chi connectivity index (χ0) is 69.0. The highest BCUT2D eigenvalue weighted by molar-refractivity contribution is 7.45. The number of quaternary nitrogens is 1. The Morgan fingerprint density at radius 3 is 0.895 bits per heavy atom. The first-order valence-corrected chi connectivity index (χ1v) is 40.9. The average Bonchev–Trinajstić information content (AvgIpc) is 1.80. The zero-order valence-corrected chi connectivity index (χ0v) is 63.2. The molecule has 10 heteroatoms. The lowest BCUT2D eigenvalue weighted by Crippen LogP contribution is -2.37. The largest absolute Gasteiger partial charge is 0.756 e. The molecular weight excluding hydrogens is 1190 g/mol. The number of phosphoric acid groups is 1. The lowest BCUT2D eigenvalue weighted by molar-refractivity contribution is -0.870. The fourth-order valence-electron chi connectivity index (χ4n) is 11.0. The molecule has 0 bridgehead atoms. The molecule has 0 heterocycles. The monoisotopic (exact) mass is 1340 g/mol. The number of carbonyl (C=O) groups excluding carboxylic acids is 2. The molecule has 0 aromatic rings. The van der Waals surface area contributed by atoms with Crippen LogP contribution in [0.4, 0.5) is 0 Å². The van der Waals surface area contributed by atoms with Crippen LogP contribution in [-0.2, 0) is 32.7 Å². The molecule has 0 saturated carbocycles. The van der Waals surface area contributed by atoms with E-state index in [1.807, 2.05) is 21.1 Å². The Morgan fingerprint density at radius 2 is 0.600 bits per heavy atom. The highest BCUT2D eigenvalue weighted by Gasteiger charge is 2.22. The summed E-state index contributed by atoms with van der Waals surface area (Å²) in [5.41, 5.74) is 0. The molecular formula is C85H148NO8P. The van der Waals surface area contributed by atoms with E-state index in [4.69, 9.17) is 18.5 Å². The topological polar surface area (TPSA) is 111 Å². The minimum atomic E-state index is -4.66. The predicted molar refractivity (Wildman–Crippen MR) is 411 cm³/mol. The summed E-state index contributed by atoms with van der Waals surface area (Å²) >= 11 is 0. The molecule has 0 radical (unpaired) electrons. The molecule has 2 atom stereocenters. The summed E-state index contributed by atoms with van der Waals surface area (Å²) in [4.78, 5) is 38.1. The third-order valence-corrected chi connectivity index (χ3v) is 17.9. The van der Waals surface area contributed by atoms with Gasteiger partial charge >= 0.3 is 11.9 Å². The molecule has 0 aliphatic heterocycles. The van der Waals surface area contributed by atoms with Gasteiger partial charge in [-0.15, -0.1) is 0 Å². The Morgan fingerprint density at radius 1 is 0.337 bits per heavy atom. The van der Waals surface area contributed by atoms with Crippen LogP contribution in [0.1, 0.15) is 341 Å². The van der Waals surface area contributed by atoms with Crippen LogP contribution in [0.5, 0.6) is 0 Å². The Labute approximate surface area is 587 Å². The van der Waals surface area contributed by atoms with Crippen LogP contribution in [-0.4, -0.2) is 70.0 Å². The van der Waals surface area contributed by atoms with Crippen molar-refractivity contribution in [1.29, 1.82) is 0 Å². The van der Waals surface area contributed by atoms with Crippen molar-refractivity contribution in [2.24, 2.45) is 0 Å². The van der Waals surface area contributed by atoms with Crippen molar-refractivity contribution >= 4 is 19.8 Å². The molecule has 0 aliphatic rings. The summed E-state index contributed by atoms with van der Waals surface area (Å²) in [6, 6.07) is 0. The fourth-order valence-corrected chi connectivity index (χ4v) is 11.7. The van der Waals surface area contributed by atoms with Crippen LogP contribution in [0.2, 0.25) is 0 Å². The maximum absolute atomic E-state index is 12.9. The summed E-state index contributed by atoms with van der Waals surface area (Å²) in [5.74, 6) is -0.868. The summed E-state index contributed by atoms with van der Waals surface area (Å²) in [6.45, 7) is 4.12. The molecule has 0 rings (SSSR count). The molecule has 95 heavy (non-hydrogen) atoms. The van der Waals surface area contributed by atoms with Gasteiger partial charge in [-0.25, -0.2) is 0 Å². The Kier molecular flexibility index (Phi) is 71.4. The number of carbonyl (C=O) groups is 2. The van der Waals surface area contributed by atoms with E-state index in [0.717, 1.165) is 109 Å². The summed E-state index contributed by atoms with van der Waals surface area (Å²) < 4.78 is 34.3. The summed E-state index contributed by atoms with van der Waals surface area (Å²) in [7, 11) is 1.14. The van der Waals surface area contributed by atoms with Crippen LogP contribution in [0.15, 0.2) is 134 Å². The van der Waals surface area contributed by atoms with E-state index in [1.54, 1.807) is 0 Å². The number of esters is 2. The van der Waals surface area contributed by atoms with Gasteiger partial charge in [0.25, 0.3) is 7.82 Å². The van der Waals surface area contributed by atoms with Gasteiger partial charge in [0.05, 0.1) is 27.7 Å². The van der Waals surface area contributed by atoms with Crippen molar-refractivity contribution in [2.75, 3.05) is 47.5 Å². The molecule has 0 fully saturated rings. The van der Waals surface area contributed by atoms with Gasteiger partial charge in [-0.05, 0) is 96.3 Å². The number of hydrogen-bond acceptors (Lipinski definition) is 8. The molecule has 0 N–H and O–H groups in total. The van der Waals surface area contributed by atoms with E-state index < -0.39 is 26.5 Å². The predicted octanol–water partition coefficient (Wildman–Crippen LogP) is 25.7. The van der Waals surface area contributed by atoms with Gasteiger partial charge in [0.15, 0.2) is 6.10 Å². The van der Waals surface area contributed by atoms with Crippen LogP contribution in [0.25, 0.3) is 0 Å². The van der Waals surface area contributed by atoms with E-state index in [-0.39, 0.29) is 32.0 Å². The first-order chi connectivity index (χ1) is 46.5. The van der Waals surface area contributed by atoms with Crippen LogP contribution >= 0.6 is 7.82 Å². The van der Waals surface area contributed by atoms with Crippen molar-refractivity contribution < 1.29 is 42.1 Å². The first-order valence-electron chi connectivity index (χ1n) is 39.4. The molecule has 9 nitrogen and oxygen atoms in total. The van der Waals surface area contributed by atoms with Crippen molar-refractivity contribution in [2.45, 2.75) is 347 Å². The number of rotatable bonds is 72. The molecule has 0 spiro atoms. The lowest BCUT2D eigenvalue weighted by atomic mass is 10.0. The van der Waals surface area contributed by atoms with Gasteiger partial charge in [-0.1, -0.05) is 366 Å². The van der Waals surface area contributed by atoms with Gasteiger partial charge in [-0.3, -0.25) is 14.2 Å². The third-order valence-electron chi connectivity index (χ3n) is 16.9. The maximum Gasteiger partial charge on any atom is 0.306 e. The molecule has 0 aromatic heterocycles. The first kappa shape index (κ1) is 91.2. The number of likely N-dealkylation sites (N-methyl/N-ethyl adjacent to an activating group) is 1. The second-order valence-electron chi connectivity index (χ2n) is 27.4. The highest BCUT2D eigenvalue weighted by atomic mass is 31.2. The summed E-state index contributed by atoms with van der Waals surface area (Å²) in [6.07, 6.45) is 109. The Balaban J connectivity index is 4.08. The van der Waals surface area contributed by atoms with Crippen molar-refractivity contribution in [3.8, 4) is 0 Å². The van der Waals surface area contributed by atoms with Crippen LogP contribution in [0.3, 0.4) is 0 Å². The van der Waals surface area contributed by atoms with Crippen LogP contribution < -0.4 is 4.89 Å². The van der Waals surface area contributed by atoms with Gasteiger partial charge in [-0.2, -0.15) is 0 Å². The fraction of sp³-hybridized carbons (Fsp3) is 0.718. The van der Waals surface area contributed by atoms with E-state index >= 15 is 0 Å². The molecule has 0 aromatic carbocycles. The average molecular weight is 1340 g/mol. The second kappa shape index (κ2) is 74.4. The SMILES string of the molecule is CC/C=C\C/C=C\C/C=C\C/C=C\C/C=C\C/C=C\C/C=C\C/C=C\C/C=C\C/C=C\C/C=C\CCCCCC(=O)OC(COC(=O)CCCCCCCCCCCCCCCCCCCCCCCCCCCCCCCCCCCC)COP(=O)([O-])OCC[N+](C)(C)C. The normalized spacial score (nSPS) is 13.8. The number of allylic oxidation sites excluding steroid dienone is 22. The molecule has 0 amide bonds. The smallest absolute Gasteiger partial charge is 0.306 e. The highest BCUT2D eigenvalue weighted by Crippen LogP contribution is 2.38. The Hall–Kier alpha value is -3.85. The van der Waals surface area contributed by atoms with E-state index in [2.05, 4.69) is 148 Å². The molecule has 0 saturated heterocycles. The van der Waals surface area contributed by atoms with Gasteiger partial charge in [0.1, 0.15) is 19.8 Å². The van der Waals surface area contributed by atoms with Crippen molar-refractivity contribution in [1.82, 2.24) is 0 Å². The minimum Gasteiger partial charge on any atom is -0.756 e. The van der Waals surface area contributed by atoms with Gasteiger partial charge in [0.2, 0.25) is 0 Å². The van der Waals surface area contributed by atoms with Gasteiger partial charge < -0.3 is 27.9 Å². The molecule has 0 aliphatic carbocycles. The quantitative estimate of drug-likeness (QED) is 0.0195. The van der Waals surface area contributed by atoms with E-state index in [0.29, 0.717) is 17.4 Å². The standard InChI is InChI=1S/C85H148NO8P/c1-6-8-10-12-14-16-18-20-22-24-26-28-30-32-34-36-38-40-42-43-44-46-48-50-52-54-56-58-60-62-64-66-68-70-72-74-76-78-85(88)94-83(82-93-95(89,90)92-80-79-86(3,4)5)81-91-84(87)77-75-73-71-69-67-65-63-61-59-57-55-53-51-49-47-45-41-39-37-35-33-31-29-27-25-23-21-19-17-15-13-11-9-7-2/h8,10,14,16,20,22,26,28,32,34,38,40,43-44,48,50,54,56,60,62,66,68,83H,6-7,9,11-13,15,17-19,21,23-25,27,29-31,33,35-37,39,41-42,45-47,49,51-53,55,57-59,61,63-65,67,69-82H2,1-5H3/b10-8-,16-14-,22-20-,28-26-,34-32-,40-38-,44-43-,50-48-,56-54-,62-60-,68-66-. The number of ether oxygens (including phenoxy) is 2. The number of unbranched alkanes of at least 4 members (excludes halogenated alkanes) is 36. The number of hydrogen-bond donors (Lipinski definition) is 0. The minimum absolute atomic E-state index is 0.0429. The maximum atomic E-state index is 12.9. The van der Waals surface area contributed by atoms with Gasteiger partial charge in [0, 0.05) is 12.8 Å². The summed E-state index contributed by atoms with van der Waals surface area (Å²) in [5, 5.41) is 0. The molecule has 2 unspecified atom stereocenters. The molecule has 546 valence electrons. The van der Waals surface area contributed by atoms with E-state index in [1.165, 1.54) is 199 Å². The third kappa shape index (κ3) is 79.0. The number of nitrogens with zero attached hydrogens (tertiary/aromatic N) is 1. The second-order valence-corrected chi connectivity index (χ2v) is 28.8.